The highest BCUT2D eigenvalue weighted by Gasteiger charge is 2.32. The van der Waals surface area contributed by atoms with Crippen molar-refractivity contribution in [3.05, 3.63) is 28.2 Å². The zero-order valence-corrected chi connectivity index (χ0v) is 12.8. The Hall–Kier alpha value is -0.580. The van der Waals surface area contributed by atoms with Crippen LogP contribution in [0.1, 0.15) is 19.4 Å². The lowest BCUT2D eigenvalue weighted by atomic mass is 10.0. The summed E-state index contributed by atoms with van der Waals surface area (Å²) < 4.78 is 1.09. The van der Waals surface area contributed by atoms with Crippen molar-refractivity contribution in [2.75, 3.05) is 24.5 Å². The number of benzene rings is 1. The molecule has 1 atom stereocenters. The first kappa shape index (κ1) is 13.8. The van der Waals surface area contributed by atoms with E-state index in [1.807, 2.05) is 0 Å². The van der Waals surface area contributed by atoms with Gasteiger partial charge in [0.15, 0.2) is 0 Å². The molecule has 0 spiro atoms. The number of halogens is 1. The molecule has 0 bridgehead atoms. The molecular weight excluding hydrogens is 292 g/mol. The van der Waals surface area contributed by atoms with Crippen molar-refractivity contribution in [3.63, 3.8) is 0 Å². The average Bonchev–Trinajstić information content (AvgIpc) is 2.38. The molecule has 1 aromatic rings. The largest absolute Gasteiger partial charge is 0.390 e. The van der Waals surface area contributed by atoms with E-state index in [0.717, 1.165) is 11.0 Å². The molecule has 1 heterocycles. The second kappa shape index (κ2) is 5.19. The molecule has 1 unspecified atom stereocenters. The van der Waals surface area contributed by atoms with Crippen LogP contribution in [0.5, 0.6) is 0 Å². The average molecular weight is 313 g/mol. The third-order valence-electron chi connectivity index (χ3n) is 3.51. The van der Waals surface area contributed by atoms with Crippen molar-refractivity contribution in [1.82, 2.24) is 5.32 Å². The van der Waals surface area contributed by atoms with Crippen molar-refractivity contribution in [2.45, 2.75) is 32.4 Å². The maximum atomic E-state index is 9.99. The fourth-order valence-electron chi connectivity index (χ4n) is 2.51. The summed E-state index contributed by atoms with van der Waals surface area (Å²) >= 11 is 3.50. The Kier molecular flexibility index (Phi) is 3.99. The second-order valence-corrected chi connectivity index (χ2v) is 6.55. The standard InChI is InChI=1S/C14H21BrN2O/c1-10-6-11(15)4-5-13(10)17-8-12(18)7-16-9-14(17,2)3/h4-6,12,16,18H,7-9H2,1-3H3. The van der Waals surface area contributed by atoms with Crippen LogP contribution in [0.4, 0.5) is 5.69 Å². The highest BCUT2D eigenvalue weighted by Crippen LogP contribution is 2.30. The quantitative estimate of drug-likeness (QED) is 0.835. The highest BCUT2D eigenvalue weighted by molar-refractivity contribution is 9.10. The topological polar surface area (TPSA) is 35.5 Å². The van der Waals surface area contributed by atoms with Gasteiger partial charge in [-0.3, -0.25) is 0 Å². The number of rotatable bonds is 1. The van der Waals surface area contributed by atoms with Crippen LogP contribution in [0.3, 0.4) is 0 Å². The normalized spacial score (nSPS) is 23.8. The van der Waals surface area contributed by atoms with Gasteiger partial charge in [0.1, 0.15) is 0 Å². The Bertz CT molecular complexity index is 434. The summed E-state index contributed by atoms with van der Waals surface area (Å²) in [6, 6.07) is 6.30. The van der Waals surface area contributed by atoms with E-state index in [0.29, 0.717) is 13.1 Å². The number of aliphatic hydroxyl groups excluding tert-OH is 1. The fraction of sp³-hybridized carbons (Fsp3) is 0.571. The van der Waals surface area contributed by atoms with Gasteiger partial charge in [0, 0.05) is 35.3 Å². The van der Waals surface area contributed by atoms with Gasteiger partial charge >= 0.3 is 0 Å². The SMILES string of the molecule is Cc1cc(Br)ccc1N1CC(O)CNCC1(C)C. The molecule has 2 N–H and O–H groups in total. The van der Waals surface area contributed by atoms with Crippen LogP contribution in [0.15, 0.2) is 22.7 Å². The summed E-state index contributed by atoms with van der Waals surface area (Å²) in [5, 5.41) is 13.3. The summed E-state index contributed by atoms with van der Waals surface area (Å²) in [7, 11) is 0. The number of anilines is 1. The first-order chi connectivity index (χ1) is 8.40. The van der Waals surface area contributed by atoms with E-state index in [9.17, 15) is 5.11 Å². The van der Waals surface area contributed by atoms with E-state index >= 15 is 0 Å². The first-order valence-corrected chi connectivity index (χ1v) is 7.12. The van der Waals surface area contributed by atoms with Gasteiger partial charge in [-0.1, -0.05) is 15.9 Å². The van der Waals surface area contributed by atoms with E-state index < -0.39 is 0 Å². The number of nitrogens with one attached hydrogen (secondary N) is 1. The zero-order valence-electron chi connectivity index (χ0n) is 11.2. The predicted octanol–water partition coefficient (Wildman–Crippen LogP) is 2.31. The number of aliphatic hydroxyl groups is 1. The van der Waals surface area contributed by atoms with Gasteiger partial charge < -0.3 is 15.3 Å². The summed E-state index contributed by atoms with van der Waals surface area (Å²) in [4.78, 5) is 2.30. The van der Waals surface area contributed by atoms with E-state index in [4.69, 9.17) is 0 Å². The van der Waals surface area contributed by atoms with Crippen molar-refractivity contribution < 1.29 is 5.11 Å². The Labute approximate surface area is 117 Å². The van der Waals surface area contributed by atoms with Crippen LogP contribution < -0.4 is 10.2 Å². The smallest absolute Gasteiger partial charge is 0.0839 e. The predicted molar refractivity (Wildman–Crippen MR) is 79.2 cm³/mol. The summed E-state index contributed by atoms with van der Waals surface area (Å²) in [6.45, 7) is 8.73. The molecule has 0 aliphatic carbocycles. The molecule has 2 rings (SSSR count). The van der Waals surface area contributed by atoms with Gasteiger partial charge in [-0.2, -0.15) is 0 Å². The molecule has 18 heavy (non-hydrogen) atoms. The van der Waals surface area contributed by atoms with Crippen LogP contribution in [0.2, 0.25) is 0 Å². The van der Waals surface area contributed by atoms with Gasteiger partial charge in [-0.05, 0) is 44.5 Å². The van der Waals surface area contributed by atoms with E-state index in [2.05, 4.69) is 65.1 Å². The maximum Gasteiger partial charge on any atom is 0.0839 e. The second-order valence-electron chi connectivity index (χ2n) is 5.64. The lowest BCUT2D eigenvalue weighted by Gasteiger charge is -2.40. The summed E-state index contributed by atoms with van der Waals surface area (Å²) in [5.74, 6) is 0. The molecule has 100 valence electrons. The van der Waals surface area contributed by atoms with Gasteiger partial charge in [0.2, 0.25) is 0 Å². The van der Waals surface area contributed by atoms with Crippen LogP contribution >= 0.6 is 15.9 Å². The Morgan fingerprint density at radius 2 is 2.17 bits per heavy atom. The minimum Gasteiger partial charge on any atom is -0.390 e. The first-order valence-electron chi connectivity index (χ1n) is 6.33. The molecule has 3 nitrogen and oxygen atoms in total. The third kappa shape index (κ3) is 2.87. The van der Waals surface area contributed by atoms with Crippen LogP contribution in [0, 0.1) is 6.92 Å². The number of hydrogen-bond donors (Lipinski definition) is 2. The van der Waals surface area contributed by atoms with Crippen molar-refractivity contribution in [1.29, 1.82) is 0 Å². The Morgan fingerprint density at radius 1 is 1.44 bits per heavy atom. The lowest BCUT2D eigenvalue weighted by molar-refractivity contribution is 0.183. The molecule has 1 aliphatic heterocycles. The highest BCUT2D eigenvalue weighted by atomic mass is 79.9. The fourth-order valence-corrected chi connectivity index (χ4v) is 2.98. The third-order valence-corrected chi connectivity index (χ3v) is 4.00. The zero-order chi connectivity index (χ0) is 13.3. The van der Waals surface area contributed by atoms with Gasteiger partial charge in [-0.25, -0.2) is 0 Å². The van der Waals surface area contributed by atoms with E-state index in [1.165, 1.54) is 11.3 Å². The molecule has 0 aromatic heterocycles. The number of nitrogens with zero attached hydrogens (tertiary/aromatic N) is 1. The maximum absolute atomic E-state index is 9.99. The molecule has 0 amide bonds. The van der Waals surface area contributed by atoms with Crippen LogP contribution in [-0.4, -0.2) is 36.4 Å². The summed E-state index contributed by atoms with van der Waals surface area (Å²) in [6.07, 6.45) is -0.324. The molecular formula is C14H21BrN2O. The number of hydrogen-bond acceptors (Lipinski definition) is 3. The number of β-amino-alcohol motifs (C(OH)–C–C–N with tert-alkyl or cyclic N) is 1. The van der Waals surface area contributed by atoms with Crippen molar-refractivity contribution in [3.8, 4) is 0 Å². The molecule has 1 aliphatic rings. The molecule has 0 radical (unpaired) electrons. The summed E-state index contributed by atoms with van der Waals surface area (Å²) in [5.41, 5.74) is 2.42. The van der Waals surface area contributed by atoms with Gasteiger partial charge in [0.05, 0.1) is 6.10 Å². The number of aryl methyl sites for hydroxylation is 1. The van der Waals surface area contributed by atoms with Crippen LogP contribution in [0.25, 0.3) is 0 Å². The van der Waals surface area contributed by atoms with Gasteiger partial charge in [0.25, 0.3) is 0 Å². The van der Waals surface area contributed by atoms with Crippen LogP contribution in [-0.2, 0) is 0 Å². The monoisotopic (exact) mass is 312 g/mol. The Balaban J connectivity index is 2.38. The van der Waals surface area contributed by atoms with Crippen molar-refractivity contribution in [2.24, 2.45) is 0 Å². The van der Waals surface area contributed by atoms with Crippen molar-refractivity contribution >= 4 is 21.6 Å². The molecule has 1 saturated heterocycles. The molecule has 0 saturated carbocycles. The molecule has 1 fully saturated rings. The van der Waals surface area contributed by atoms with E-state index in [-0.39, 0.29) is 11.6 Å². The molecule has 4 heteroatoms. The minimum atomic E-state index is -0.324. The molecule has 1 aromatic carbocycles. The lowest BCUT2D eigenvalue weighted by Crippen LogP contribution is -2.49. The van der Waals surface area contributed by atoms with E-state index in [1.54, 1.807) is 0 Å². The Morgan fingerprint density at radius 3 is 2.83 bits per heavy atom. The minimum absolute atomic E-state index is 0.00390. The van der Waals surface area contributed by atoms with Gasteiger partial charge in [-0.15, -0.1) is 0 Å².